The van der Waals surface area contributed by atoms with Gasteiger partial charge >= 0.3 is 0 Å². The average Bonchev–Trinajstić information content (AvgIpc) is 3.12. The predicted molar refractivity (Wildman–Crippen MR) is 87.7 cm³/mol. The summed E-state index contributed by atoms with van der Waals surface area (Å²) in [4.78, 5) is 12.1. The van der Waals surface area contributed by atoms with Gasteiger partial charge in [0.1, 0.15) is 0 Å². The van der Waals surface area contributed by atoms with E-state index in [4.69, 9.17) is 20.8 Å². The number of morpholine rings is 1. The average molecular weight is 371 g/mol. The molecule has 9 heteroatoms. The molecule has 0 atom stereocenters. The Bertz CT molecular complexity index is 830. The van der Waals surface area contributed by atoms with Crippen molar-refractivity contribution in [2.24, 2.45) is 0 Å². The van der Waals surface area contributed by atoms with Crippen LogP contribution in [0.15, 0.2) is 45.9 Å². The predicted octanol–water partition coefficient (Wildman–Crippen LogP) is 2.21. The van der Waals surface area contributed by atoms with Crippen LogP contribution in [0.4, 0.5) is 5.69 Å². The van der Waals surface area contributed by atoms with Crippen LogP contribution >= 0.6 is 11.6 Å². The molecule has 24 heavy (non-hydrogen) atoms. The Morgan fingerprint density at radius 3 is 2.62 bits per heavy atom. The molecule has 1 fully saturated rings. The summed E-state index contributed by atoms with van der Waals surface area (Å²) in [6.45, 7) is 1.29. The van der Waals surface area contributed by atoms with Gasteiger partial charge in [0.15, 0.2) is 5.76 Å². The fraction of sp³-hybridized carbons (Fsp3) is 0.267. The van der Waals surface area contributed by atoms with Crippen LogP contribution in [0.2, 0.25) is 5.02 Å². The van der Waals surface area contributed by atoms with Gasteiger partial charge in [0, 0.05) is 13.1 Å². The van der Waals surface area contributed by atoms with E-state index >= 15 is 0 Å². The molecular weight excluding hydrogens is 356 g/mol. The van der Waals surface area contributed by atoms with Gasteiger partial charge in [0.05, 0.1) is 35.1 Å². The number of ether oxygens (including phenoxy) is 1. The highest BCUT2D eigenvalue weighted by Gasteiger charge is 2.27. The molecule has 7 nitrogen and oxygen atoms in total. The first kappa shape index (κ1) is 17.0. The molecule has 0 spiro atoms. The highest BCUT2D eigenvalue weighted by Crippen LogP contribution is 2.27. The van der Waals surface area contributed by atoms with Crippen molar-refractivity contribution in [2.45, 2.75) is 4.90 Å². The molecule has 1 aromatic carbocycles. The van der Waals surface area contributed by atoms with E-state index in [9.17, 15) is 13.2 Å². The molecule has 0 unspecified atom stereocenters. The molecule has 1 aliphatic heterocycles. The summed E-state index contributed by atoms with van der Waals surface area (Å²) in [5.41, 5.74) is 0.201. The highest BCUT2D eigenvalue weighted by atomic mass is 35.5. The second-order valence-electron chi connectivity index (χ2n) is 5.09. The highest BCUT2D eigenvalue weighted by molar-refractivity contribution is 7.89. The van der Waals surface area contributed by atoms with Crippen molar-refractivity contribution < 1.29 is 22.4 Å². The van der Waals surface area contributed by atoms with Crippen molar-refractivity contribution >= 4 is 33.2 Å². The lowest BCUT2D eigenvalue weighted by atomic mass is 10.3. The molecule has 1 amide bonds. The summed E-state index contributed by atoms with van der Waals surface area (Å²) in [5.74, 6) is -0.407. The number of carbonyl (C=O) groups excluding carboxylic acids is 1. The molecule has 0 aliphatic carbocycles. The van der Waals surface area contributed by atoms with Gasteiger partial charge in [0.25, 0.3) is 5.91 Å². The number of anilines is 1. The number of furan rings is 1. The fourth-order valence-electron chi connectivity index (χ4n) is 2.29. The minimum atomic E-state index is -3.67. The number of halogens is 1. The van der Waals surface area contributed by atoms with E-state index in [2.05, 4.69) is 5.32 Å². The van der Waals surface area contributed by atoms with Crippen LogP contribution in [0.25, 0.3) is 0 Å². The van der Waals surface area contributed by atoms with Gasteiger partial charge < -0.3 is 14.5 Å². The van der Waals surface area contributed by atoms with Crippen LogP contribution < -0.4 is 5.32 Å². The van der Waals surface area contributed by atoms with Crippen molar-refractivity contribution in [1.29, 1.82) is 0 Å². The topological polar surface area (TPSA) is 88.9 Å². The molecule has 1 aliphatic rings. The van der Waals surface area contributed by atoms with Crippen LogP contribution in [0.5, 0.6) is 0 Å². The van der Waals surface area contributed by atoms with Crippen LogP contribution in [0.3, 0.4) is 0 Å². The molecule has 2 heterocycles. The van der Waals surface area contributed by atoms with Crippen molar-refractivity contribution in [1.82, 2.24) is 4.31 Å². The minimum Gasteiger partial charge on any atom is -0.459 e. The lowest BCUT2D eigenvalue weighted by molar-refractivity contribution is 0.0730. The molecule has 0 radical (unpaired) electrons. The second-order valence-corrected chi connectivity index (χ2v) is 7.43. The van der Waals surface area contributed by atoms with Crippen LogP contribution in [0, 0.1) is 0 Å². The Labute approximate surface area is 144 Å². The first-order chi connectivity index (χ1) is 11.5. The Kier molecular flexibility index (Phi) is 4.91. The molecule has 2 aromatic rings. The Hall–Kier alpha value is -1.87. The normalized spacial score (nSPS) is 16.0. The van der Waals surface area contributed by atoms with Gasteiger partial charge in [-0.25, -0.2) is 8.42 Å². The summed E-state index contributed by atoms with van der Waals surface area (Å²) in [5, 5.41) is 2.79. The van der Waals surface area contributed by atoms with Crippen molar-refractivity contribution in [3.63, 3.8) is 0 Å². The van der Waals surface area contributed by atoms with Gasteiger partial charge in [-0.1, -0.05) is 11.6 Å². The maximum absolute atomic E-state index is 12.7. The third-order valence-electron chi connectivity index (χ3n) is 3.54. The van der Waals surface area contributed by atoms with Gasteiger partial charge in [0.2, 0.25) is 10.0 Å². The summed E-state index contributed by atoms with van der Waals surface area (Å²) in [7, 11) is -3.67. The van der Waals surface area contributed by atoms with Crippen LogP contribution in [0.1, 0.15) is 10.6 Å². The fourth-order valence-corrected chi connectivity index (χ4v) is 3.89. The standard InChI is InChI=1S/C15H15ClN2O5S/c16-12-4-3-11(24(20,21)18-5-8-22-9-6-18)10-13(12)17-15(19)14-2-1-7-23-14/h1-4,7,10H,5-6,8-9H2,(H,17,19). The Morgan fingerprint density at radius 2 is 1.96 bits per heavy atom. The molecular formula is C15H15ClN2O5S. The van der Waals surface area contributed by atoms with Crippen LogP contribution in [-0.4, -0.2) is 44.9 Å². The smallest absolute Gasteiger partial charge is 0.291 e. The molecule has 1 aromatic heterocycles. The lowest BCUT2D eigenvalue weighted by Crippen LogP contribution is -2.40. The number of nitrogens with zero attached hydrogens (tertiary/aromatic N) is 1. The van der Waals surface area contributed by atoms with E-state index in [1.165, 1.54) is 34.8 Å². The van der Waals surface area contributed by atoms with E-state index < -0.39 is 15.9 Å². The number of sulfonamides is 1. The molecule has 1 saturated heterocycles. The summed E-state index contributed by atoms with van der Waals surface area (Å²) >= 11 is 6.06. The molecule has 0 saturated carbocycles. The Balaban J connectivity index is 1.87. The largest absolute Gasteiger partial charge is 0.459 e. The lowest BCUT2D eigenvalue weighted by Gasteiger charge is -2.26. The second kappa shape index (κ2) is 6.94. The maximum atomic E-state index is 12.7. The molecule has 0 bridgehead atoms. The van der Waals surface area contributed by atoms with E-state index in [0.29, 0.717) is 26.3 Å². The maximum Gasteiger partial charge on any atom is 0.291 e. The number of nitrogens with one attached hydrogen (secondary N) is 1. The zero-order valence-corrected chi connectivity index (χ0v) is 14.1. The van der Waals surface area contributed by atoms with Gasteiger partial charge in [-0.15, -0.1) is 0 Å². The quantitative estimate of drug-likeness (QED) is 0.891. The van der Waals surface area contributed by atoms with E-state index in [1.807, 2.05) is 0 Å². The summed E-state index contributed by atoms with van der Waals surface area (Å²) in [6.07, 6.45) is 1.37. The van der Waals surface area contributed by atoms with Gasteiger partial charge in [-0.2, -0.15) is 4.31 Å². The minimum absolute atomic E-state index is 0.0588. The van der Waals surface area contributed by atoms with Crippen molar-refractivity contribution in [3.05, 3.63) is 47.4 Å². The van der Waals surface area contributed by atoms with Crippen molar-refractivity contribution in [3.8, 4) is 0 Å². The zero-order valence-electron chi connectivity index (χ0n) is 12.6. The molecule has 1 N–H and O–H groups in total. The number of carbonyl (C=O) groups is 1. The third kappa shape index (κ3) is 3.46. The van der Waals surface area contributed by atoms with Crippen LogP contribution in [-0.2, 0) is 14.8 Å². The first-order valence-corrected chi connectivity index (χ1v) is 9.02. The van der Waals surface area contributed by atoms with E-state index in [1.54, 1.807) is 6.07 Å². The van der Waals surface area contributed by atoms with Crippen molar-refractivity contribution in [2.75, 3.05) is 31.6 Å². The first-order valence-electron chi connectivity index (χ1n) is 7.21. The van der Waals surface area contributed by atoms with Gasteiger partial charge in [-0.3, -0.25) is 4.79 Å². The summed E-state index contributed by atoms with van der Waals surface area (Å²) in [6, 6.07) is 7.27. The monoisotopic (exact) mass is 370 g/mol. The molecule has 128 valence electrons. The number of benzene rings is 1. The number of amides is 1. The van der Waals surface area contributed by atoms with E-state index in [0.717, 1.165) is 0 Å². The third-order valence-corrected chi connectivity index (χ3v) is 5.76. The number of hydrogen-bond acceptors (Lipinski definition) is 5. The van der Waals surface area contributed by atoms with Gasteiger partial charge in [-0.05, 0) is 30.3 Å². The summed E-state index contributed by atoms with van der Waals surface area (Å²) < 4.78 is 36.8. The van der Waals surface area contributed by atoms with E-state index in [-0.39, 0.29) is 21.4 Å². The Morgan fingerprint density at radius 1 is 1.21 bits per heavy atom. The zero-order chi connectivity index (χ0) is 17.2. The SMILES string of the molecule is O=C(Nc1cc(S(=O)(=O)N2CCOCC2)ccc1Cl)c1ccco1. The number of rotatable bonds is 4. The number of hydrogen-bond donors (Lipinski definition) is 1. The molecule has 3 rings (SSSR count).